The molecular formula is C13H25FO2. The van der Waals surface area contributed by atoms with Crippen LogP contribution in [0.1, 0.15) is 64.7 Å². The molecule has 0 aromatic carbocycles. The summed E-state index contributed by atoms with van der Waals surface area (Å²) in [6.45, 7) is 1.47. The predicted octanol–water partition coefficient (Wildman–Crippen LogP) is 4.19. The molecule has 0 aromatic heterocycles. The summed E-state index contributed by atoms with van der Waals surface area (Å²) in [6.07, 6.45) is 9.90. The van der Waals surface area contributed by atoms with Crippen molar-refractivity contribution < 1.29 is 14.3 Å². The van der Waals surface area contributed by atoms with Gasteiger partial charge in [0.15, 0.2) is 0 Å². The molecule has 0 radical (unpaired) electrons. The second-order valence-corrected chi connectivity index (χ2v) is 4.45. The second kappa shape index (κ2) is 10.9. The summed E-state index contributed by atoms with van der Waals surface area (Å²) < 4.78 is 12.2. The van der Waals surface area contributed by atoms with E-state index in [0.29, 0.717) is 6.42 Å². The van der Waals surface area contributed by atoms with Crippen LogP contribution in [0.15, 0.2) is 0 Å². The van der Waals surface area contributed by atoms with Crippen molar-refractivity contribution in [2.75, 3.05) is 6.67 Å². The number of hydrogen-bond acceptors (Lipinski definition) is 1. The fourth-order valence-electron chi connectivity index (χ4n) is 1.79. The van der Waals surface area contributed by atoms with Gasteiger partial charge in [0.1, 0.15) is 6.67 Å². The van der Waals surface area contributed by atoms with E-state index in [1.54, 1.807) is 0 Å². The zero-order valence-electron chi connectivity index (χ0n) is 10.4. The van der Waals surface area contributed by atoms with E-state index in [-0.39, 0.29) is 0 Å². The van der Waals surface area contributed by atoms with Crippen LogP contribution in [0, 0.1) is 5.92 Å². The average molecular weight is 232 g/mol. The van der Waals surface area contributed by atoms with Crippen LogP contribution < -0.4 is 0 Å². The fraction of sp³-hybridized carbons (Fsp3) is 0.923. The van der Waals surface area contributed by atoms with E-state index in [1.807, 2.05) is 0 Å². The third kappa shape index (κ3) is 8.69. The topological polar surface area (TPSA) is 37.3 Å². The Morgan fingerprint density at radius 1 is 1.06 bits per heavy atom. The lowest BCUT2D eigenvalue weighted by molar-refractivity contribution is -0.142. The zero-order chi connectivity index (χ0) is 12.2. The number of halogens is 1. The van der Waals surface area contributed by atoms with E-state index < -0.39 is 18.6 Å². The van der Waals surface area contributed by atoms with Crippen molar-refractivity contribution >= 4 is 5.97 Å². The molecule has 0 aliphatic rings. The summed E-state index contributed by atoms with van der Waals surface area (Å²) in [5, 5.41) is 8.63. The van der Waals surface area contributed by atoms with Crippen LogP contribution in [0.25, 0.3) is 0 Å². The average Bonchev–Trinajstić information content (AvgIpc) is 2.26. The minimum Gasteiger partial charge on any atom is -0.481 e. The Morgan fingerprint density at radius 3 is 2.00 bits per heavy atom. The maximum atomic E-state index is 12.2. The molecule has 2 nitrogen and oxygen atoms in total. The van der Waals surface area contributed by atoms with Gasteiger partial charge in [-0.05, 0) is 6.42 Å². The van der Waals surface area contributed by atoms with Crippen molar-refractivity contribution in [2.45, 2.75) is 64.7 Å². The van der Waals surface area contributed by atoms with Crippen molar-refractivity contribution in [3.63, 3.8) is 0 Å². The molecule has 0 heterocycles. The molecule has 0 saturated heterocycles. The van der Waals surface area contributed by atoms with Crippen molar-refractivity contribution in [3.05, 3.63) is 0 Å². The Hall–Kier alpha value is -0.600. The van der Waals surface area contributed by atoms with Crippen molar-refractivity contribution in [2.24, 2.45) is 5.92 Å². The Kier molecular flexibility index (Phi) is 10.5. The molecule has 16 heavy (non-hydrogen) atoms. The highest BCUT2D eigenvalue weighted by Crippen LogP contribution is 2.13. The molecule has 0 rings (SSSR count). The Labute approximate surface area is 98.2 Å². The SMILES string of the molecule is CCCCCCCCCCC(CF)C(=O)O. The molecule has 0 amide bonds. The van der Waals surface area contributed by atoms with Gasteiger partial charge in [0.2, 0.25) is 0 Å². The van der Waals surface area contributed by atoms with Gasteiger partial charge in [-0.15, -0.1) is 0 Å². The van der Waals surface area contributed by atoms with Crippen LogP contribution in [0.2, 0.25) is 0 Å². The van der Waals surface area contributed by atoms with E-state index >= 15 is 0 Å². The number of alkyl halides is 1. The van der Waals surface area contributed by atoms with Crippen LogP contribution in [0.4, 0.5) is 4.39 Å². The molecule has 0 aliphatic carbocycles. The van der Waals surface area contributed by atoms with Crippen molar-refractivity contribution in [3.8, 4) is 0 Å². The third-order valence-corrected chi connectivity index (χ3v) is 2.94. The van der Waals surface area contributed by atoms with Gasteiger partial charge in [-0.3, -0.25) is 9.18 Å². The summed E-state index contributed by atoms with van der Waals surface area (Å²) in [5.74, 6) is -1.77. The molecule has 0 spiro atoms. The maximum Gasteiger partial charge on any atom is 0.309 e. The highest BCUT2D eigenvalue weighted by Gasteiger charge is 2.15. The van der Waals surface area contributed by atoms with E-state index in [2.05, 4.69) is 6.92 Å². The molecule has 0 fully saturated rings. The summed E-state index contributed by atoms with van der Waals surface area (Å²) in [5.41, 5.74) is 0. The Bertz CT molecular complexity index is 171. The number of unbranched alkanes of at least 4 members (excludes halogenated alkanes) is 7. The van der Waals surface area contributed by atoms with Crippen LogP contribution >= 0.6 is 0 Å². The minimum absolute atomic E-state index is 0.487. The number of aliphatic carboxylic acids is 1. The van der Waals surface area contributed by atoms with Crippen molar-refractivity contribution in [1.82, 2.24) is 0 Å². The molecule has 96 valence electrons. The summed E-state index contributed by atoms with van der Waals surface area (Å²) in [7, 11) is 0. The first-order chi connectivity index (χ1) is 7.72. The van der Waals surface area contributed by atoms with E-state index in [0.717, 1.165) is 19.3 Å². The van der Waals surface area contributed by atoms with Gasteiger partial charge in [0.05, 0.1) is 5.92 Å². The minimum atomic E-state index is -0.995. The standard InChI is InChI=1S/C13H25FO2/c1-2-3-4-5-6-7-8-9-10-12(11-14)13(15)16/h12H,2-11H2,1H3,(H,15,16). The van der Waals surface area contributed by atoms with E-state index in [4.69, 9.17) is 5.11 Å². The molecule has 1 atom stereocenters. The largest absolute Gasteiger partial charge is 0.481 e. The lowest BCUT2D eigenvalue weighted by atomic mass is 10.0. The van der Waals surface area contributed by atoms with Crippen LogP contribution in [-0.4, -0.2) is 17.8 Å². The number of carboxylic acid groups (broad SMARTS) is 1. The normalized spacial score (nSPS) is 12.6. The molecule has 0 aliphatic heterocycles. The maximum absolute atomic E-state index is 12.2. The van der Waals surface area contributed by atoms with Gasteiger partial charge < -0.3 is 5.11 Å². The fourth-order valence-corrected chi connectivity index (χ4v) is 1.79. The smallest absolute Gasteiger partial charge is 0.309 e. The van der Waals surface area contributed by atoms with Gasteiger partial charge in [0, 0.05) is 0 Å². The first-order valence-electron chi connectivity index (χ1n) is 6.51. The van der Waals surface area contributed by atoms with Crippen molar-refractivity contribution in [1.29, 1.82) is 0 Å². The molecule has 1 unspecified atom stereocenters. The molecule has 0 saturated carbocycles. The van der Waals surface area contributed by atoms with E-state index in [1.165, 1.54) is 32.1 Å². The summed E-state index contributed by atoms with van der Waals surface area (Å²) >= 11 is 0. The predicted molar refractivity (Wildman–Crippen MR) is 64.3 cm³/mol. The van der Waals surface area contributed by atoms with Crippen LogP contribution in [-0.2, 0) is 4.79 Å². The number of carboxylic acids is 1. The molecular weight excluding hydrogens is 207 g/mol. The van der Waals surface area contributed by atoms with Gasteiger partial charge in [-0.1, -0.05) is 58.3 Å². The van der Waals surface area contributed by atoms with Crippen LogP contribution in [0.5, 0.6) is 0 Å². The summed E-state index contributed by atoms with van der Waals surface area (Å²) in [6, 6.07) is 0. The first-order valence-corrected chi connectivity index (χ1v) is 6.51. The Morgan fingerprint density at radius 2 is 1.56 bits per heavy atom. The monoisotopic (exact) mass is 232 g/mol. The number of rotatable bonds is 11. The molecule has 0 aromatic rings. The van der Waals surface area contributed by atoms with Gasteiger partial charge in [-0.25, -0.2) is 0 Å². The quantitative estimate of drug-likeness (QED) is 0.542. The van der Waals surface area contributed by atoms with Gasteiger partial charge in [0.25, 0.3) is 0 Å². The number of carbonyl (C=O) groups is 1. The molecule has 0 bridgehead atoms. The first kappa shape index (κ1) is 15.4. The van der Waals surface area contributed by atoms with Crippen LogP contribution in [0.3, 0.4) is 0 Å². The lowest BCUT2D eigenvalue weighted by Gasteiger charge is -2.07. The summed E-state index contributed by atoms with van der Waals surface area (Å²) in [4.78, 5) is 10.5. The highest BCUT2D eigenvalue weighted by atomic mass is 19.1. The number of hydrogen-bond donors (Lipinski definition) is 1. The molecule has 3 heteroatoms. The van der Waals surface area contributed by atoms with Gasteiger partial charge >= 0.3 is 5.97 Å². The highest BCUT2D eigenvalue weighted by molar-refractivity contribution is 5.69. The third-order valence-electron chi connectivity index (χ3n) is 2.94. The second-order valence-electron chi connectivity index (χ2n) is 4.45. The van der Waals surface area contributed by atoms with E-state index in [9.17, 15) is 9.18 Å². The van der Waals surface area contributed by atoms with Gasteiger partial charge in [-0.2, -0.15) is 0 Å². The zero-order valence-corrected chi connectivity index (χ0v) is 10.4. The molecule has 1 N–H and O–H groups in total. The lowest BCUT2D eigenvalue weighted by Crippen LogP contribution is -2.15. The Balaban J connectivity index is 3.22.